The van der Waals surface area contributed by atoms with E-state index in [1.807, 2.05) is 80.5 Å². The predicted octanol–water partition coefficient (Wildman–Crippen LogP) is 2.91. The SMILES string of the molecule is C/C1=C2/[N-][C@H]([C@H](CC(N)=O)[C@@]2(C)CCC(=O)NC[C@@H](C)OP(=O)([O-])O[C@H]2[C@@H](O)[C@@H](n3cnc4cc(C)c(C)cc43)O[C@@H]2CO)[C@]2(C)N=C(/C(C)=C3N=C(/C=C4N=C1[C@H](CCC(N)=O)C\4(C)C)[C@@H](CCC(N)=O)[C@]\3(C)CC(N)=O)[C@@H](CCC(N)=O)[C@]2(C)CC(N)=O.Cl.O.[Co+2]. The molecule has 515 valence electrons. The van der Waals surface area contributed by atoms with E-state index in [0.717, 1.165) is 11.1 Å². The zero-order chi connectivity index (χ0) is 66.7. The van der Waals surface area contributed by atoms with E-state index in [2.05, 4.69) is 10.3 Å². The summed E-state index contributed by atoms with van der Waals surface area (Å²) in [6.07, 6.45) is -4.79. The summed E-state index contributed by atoms with van der Waals surface area (Å²) in [6, 6.07) is 2.65. The second-order valence-corrected chi connectivity index (χ2v) is 28.3. The van der Waals surface area contributed by atoms with Crippen LogP contribution in [-0.2, 0) is 68.7 Å². The Morgan fingerprint density at radius 1 is 0.796 bits per heavy atom. The zero-order valence-corrected chi connectivity index (χ0v) is 57.2. The van der Waals surface area contributed by atoms with E-state index in [-0.39, 0.29) is 112 Å². The van der Waals surface area contributed by atoms with Gasteiger partial charge in [0.25, 0.3) is 7.82 Å². The van der Waals surface area contributed by atoms with Crippen molar-refractivity contribution < 1.29 is 89.3 Å². The molecular formula is C62H91ClCoN13O15P. The van der Waals surface area contributed by atoms with Crippen LogP contribution >= 0.6 is 20.2 Å². The monoisotopic (exact) mass is 1380 g/mol. The molecule has 31 heteroatoms. The number of aryl methyl sites for hydroxylation is 2. The van der Waals surface area contributed by atoms with Crippen LogP contribution in [-0.4, -0.2) is 133 Å². The van der Waals surface area contributed by atoms with Crippen LogP contribution in [0.15, 0.2) is 67.8 Å². The Balaban J connectivity index is 0.00000523. The van der Waals surface area contributed by atoms with Crippen molar-refractivity contribution in [2.24, 2.45) is 94.7 Å². The minimum Gasteiger partial charge on any atom is -0.756 e. The van der Waals surface area contributed by atoms with Crippen molar-refractivity contribution in [3.63, 3.8) is 0 Å². The van der Waals surface area contributed by atoms with Crippen LogP contribution < -0.4 is 44.6 Å². The predicted molar refractivity (Wildman–Crippen MR) is 342 cm³/mol. The molecule has 7 amide bonds. The van der Waals surface area contributed by atoms with E-state index in [0.29, 0.717) is 56.4 Å². The summed E-state index contributed by atoms with van der Waals surface area (Å²) in [5, 5.41) is 30.1. The molecule has 28 nitrogen and oxygen atoms in total. The van der Waals surface area contributed by atoms with Crippen LogP contribution in [0, 0.1) is 59.2 Å². The van der Waals surface area contributed by atoms with Gasteiger partial charge in [0.15, 0.2) is 6.23 Å². The Kier molecular flexibility index (Phi) is 24.2. The maximum atomic E-state index is 14.4. The molecule has 2 aromatic rings. The number of aliphatic hydroxyl groups excluding tert-OH is 2. The summed E-state index contributed by atoms with van der Waals surface area (Å²) >= 11 is 0. The van der Waals surface area contributed by atoms with Crippen LogP contribution in [0.1, 0.15) is 150 Å². The Morgan fingerprint density at radius 3 is 1.95 bits per heavy atom. The number of ether oxygens (including phenoxy) is 1. The molecule has 1 aromatic carbocycles. The summed E-state index contributed by atoms with van der Waals surface area (Å²) < 4.78 is 31.9. The number of nitrogens with two attached hydrogens (primary N) is 6. The molecule has 0 spiro atoms. The zero-order valence-electron chi connectivity index (χ0n) is 54.4. The number of allylic oxidation sites excluding steroid dienone is 6. The first-order valence-corrected chi connectivity index (χ1v) is 32.0. The number of rotatable bonds is 26. The number of imidazole rings is 1. The first kappa shape index (κ1) is 77.5. The molecule has 1 unspecified atom stereocenters. The maximum Gasteiger partial charge on any atom is 2.00 e. The number of amides is 7. The molecule has 0 aliphatic carbocycles. The molecule has 93 heavy (non-hydrogen) atoms. The Bertz CT molecular complexity index is 3550. The first-order valence-electron chi connectivity index (χ1n) is 30.5. The summed E-state index contributed by atoms with van der Waals surface area (Å²) in [5.74, 6) is -7.40. The standard InChI is InChI=1S/C62H90N13O14P.ClH.Co.H2O/c1-29-20-39-40(21-30(29)2)75(28-70-39)57-52(84)53(41(27-76)87-57)89-90(85,86)88-31(3)26-69-49(83)18-19-59(8)37(22-46(66)80)56-62(11)61(10,25-48(68)82)36(14-17-45(65)79)51(74-62)33(5)55-60(9,24-47(67)81)34(12-15-43(63)77)38(71-55)23-42-58(6,7)35(13-16-44(64)78)50(72-42)32(4)54(59)73-56;;;/h20-21,23,28,31,34-37,41,52-53,56-57,76,84H,12-19,22,24-27H2,1-11H3,(H15,63,64,65,66,67,68,69,71,72,73,74,77,78,79,80,81,82,83,85,86);1H;;1H2/q;;+2;/p-2/t31-,34-,35+,36-,37+,41-,52-,53-,56-,57+,59-,60+,61+,62+;;;/m1.../s1. The first-order chi connectivity index (χ1) is 41.8. The fourth-order valence-corrected chi connectivity index (χ4v) is 16.4. The Labute approximate surface area is 557 Å². The second kappa shape index (κ2) is 29.0. The topological polar surface area (TPSA) is 496 Å². The average Bonchev–Trinajstić information content (AvgIpc) is 1.53. The number of aliphatic imine (C=N–C) groups is 3. The molecule has 8 bridgehead atoms. The van der Waals surface area contributed by atoms with E-state index in [1.165, 1.54) is 17.8 Å². The van der Waals surface area contributed by atoms with Crippen molar-refractivity contribution in [1.29, 1.82) is 0 Å². The van der Waals surface area contributed by atoms with Gasteiger partial charge < -0.3 is 84.0 Å². The van der Waals surface area contributed by atoms with Crippen molar-refractivity contribution in [3.05, 3.63) is 69.2 Å². The number of hydrogen-bond acceptors (Lipinski definition) is 18. The molecular weight excluding hydrogens is 1290 g/mol. The molecule has 6 aliphatic rings. The van der Waals surface area contributed by atoms with Crippen molar-refractivity contribution in [2.45, 2.75) is 189 Å². The number of aliphatic hydroxyl groups is 2. The number of halogens is 1. The van der Waals surface area contributed by atoms with Crippen LogP contribution in [0.5, 0.6) is 0 Å². The summed E-state index contributed by atoms with van der Waals surface area (Å²) in [4.78, 5) is 128. The molecule has 2 fully saturated rings. The third kappa shape index (κ3) is 14.9. The van der Waals surface area contributed by atoms with Crippen LogP contribution in [0.25, 0.3) is 16.4 Å². The summed E-state index contributed by atoms with van der Waals surface area (Å²) in [5.41, 5.74) is 36.7. The molecule has 0 saturated carbocycles. The summed E-state index contributed by atoms with van der Waals surface area (Å²) in [7, 11) is -5.32. The van der Waals surface area contributed by atoms with E-state index < -0.39 is 143 Å². The third-order valence-corrected chi connectivity index (χ3v) is 21.6. The second-order valence-electron chi connectivity index (χ2n) is 27.0. The number of primary amides is 6. The summed E-state index contributed by atoms with van der Waals surface area (Å²) in [6.45, 7) is 19.0. The number of carbonyl (C=O) groups excluding carboxylic acids is 7. The molecule has 7 heterocycles. The minimum atomic E-state index is -5.32. The van der Waals surface area contributed by atoms with Gasteiger partial charge in [-0.25, -0.2) is 4.98 Å². The molecule has 17 N–H and O–H groups in total. The van der Waals surface area contributed by atoms with Gasteiger partial charge in [0, 0.05) is 108 Å². The molecule has 15 atom stereocenters. The molecule has 6 aliphatic heterocycles. The van der Waals surface area contributed by atoms with Gasteiger partial charge in [-0.1, -0.05) is 40.7 Å². The largest absolute Gasteiger partial charge is 2.00 e. The van der Waals surface area contributed by atoms with Gasteiger partial charge in [-0.3, -0.25) is 53.1 Å². The van der Waals surface area contributed by atoms with Gasteiger partial charge in [0.1, 0.15) is 18.3 Å². The number of benzene rings is 1. The number of hydrogen-bond donors (Lipinski definition) is 9. The number of carbonyl (C=O) groups is 7. The molecule has 8 rings (SSSR count). The van der Waals surface area contributed by atoms with Gasteiger partial charge in [0.05, 0.1) is 41.3 Å². The van der Waals surface area contributed by atoms with Gasteiger partial charge in [-0.2, -0.15) is 5.70 Å². The van der Waals surface area contributed by atoms with Gasteiger partial charge in [-0.05, 0) is 119 Å². The number of phosphoric ester groups is 1. The number of nitrogens with zero attached hydrogens (tertiary/aromatic N) is 6. The van der Waals surface area contributed by atoms with E-state index in [1.54, 1.807) is 6.92 Å². The fraction of sp³-hybridized carbons (Fsp3) is 0.629. The molecule has 2 saturated heterocycles. The van der Waals surface area contributed by atoms with Gasteiger partial charge in [-0.15, -0.1) is 12.4 Å². The Morgan fingerprint density at radius 2 is 1.38 bits per heavy atom. The normalized spacial score (nSPS) is 33.1. The van der Waals surface area contributed by atoms with E-state index in [4.69, 9.17) is 68.5 Å². The van der Waals surface area contributed by atoms with Crippen molar-refractivity contribution in [2.75, 3.05) is 13.2 Å². The van der Waals surface area contributed by atoms with Crippen LogP contribution in [0.4, 0.5) is 0 Å². The van der Waals surface area contributed by atoms with Crippen LogP contribution in [0.3, 0.4) is 0 Å². The average molecular weight is 1380 g/mol. The Hall–Kier alpha value is -6.24. The van der Waals surface area contributed by atoms with Crippen molar-refractivity contribution in [3.8, 4) is 0 Å². The number of nitrogens with one attached hydrogen (secondary N) is 1. The van der Waals surface area contributed by atoms with E-state index >= 15 is 0 Å². The number of phosphoric acid groups is 1. The minimum absolute atomic E-state index is 0. The quantitative estimate of drug-likeness (QED) is 0.0612. The van der Waals surface area contributed by atoms with Crippen LogP contribution in [0.2, 0.25) is 0 Å². The van der Waals surface area contributed by atoms with Crippen molar-refractivity contribution >= 4 is 89.7 Å². The fourth-order valence-electron chi connectivity index (χ4n) is 15.3. The van der Waals surface area contributed by atoms with Gasteiger partial charge in [0.2, 0.25) is 41.4 Å². The smallest absolute Gasteiger partial charge is 0.756 e. The molecule has 1 radical (unpaired) electrons. The maximum absolute atomic E-state index is 14.4. The third-order valence-electron chi connectivity index (χ3n) is 20.5. The molecule has 1 aromatic heterocycles. The van der Waals surface area contributed by atoms with Crippen molar-refractivity contribution in [1.82, 2.24) is 14.9 Å². The van der Waals surface area contributed by atoms with Gasteiger partial charge >= 0.3 is 16.8 Å². The number of fused-ring (bicyclic) bond motifs is 7. The number of aromatic nitrogens is 2. The van der Waals surface area contributed by atoms with E-state index in [9.17, 15) is 53.2 Å².